The Bertz CT molecular complexity index is 569. The normalized spacial score (nSPS) is 11.6. The molecule has 0 atom stereocenters. The van der Waals surface area contributed by atoms with Crippen LogP contribution in [0.2, 0.25) is 10.0 Å². The van der Waals surface area contributed by atoms with E-state index in [-0.39, 0.29) is 28.0 Å². The molecule has 0 aliphatic carbocycles. The molecule has 0 heterocycles. The highest BCUT2D eigenvalue weighted by molar-refractivity contribution is 9.10. The number of benzene rings is 1. The van der Waals surface area contributed by atoms with Crippen molar-refractivity contribution in [1.82, 2.24) is 4.31 Å². The number of hydrogen-bond acceptors (Lipinski definition) is 2. The summed E-state index contributed by atoms with van der Waals surface area (Å²) in [5.41, 5.74) is 0. The molecule has 0 aliphatic rings. The molecule has 7 heteroatoms. The van der Waals surface area contributed by atoms with Crippen LogP contribution in [-0.2, 0) is 10.0 Å². The largest absolute Gasteiger partial charge is 0.246 e. The first-order chi connectivity index (χ1) is 8.84. The molecule has 19 heavy (non-hydrogen) atoms. The average molecular weight is 385 g/mol. The molecule has 104 valence electrons. The lowest BCUT2D eigenvalue weighted by Gasteiger charge is -2.20. The van der Waals surface area contributed by atoms with E-state index in [1.54, 1.807) is 0 Å². The second kappa shape index (κ2) is 6.90. The number of rotatable bonds is 6. The van der Waals surface area contributed by atoms with Gasteiger partial charge in [-0.05, 0) is 12.1 Å². The van der Waals surface area contributed by atoms with E-state index in [1.165, 1.54) is 28.6 Å². The van der Waals surface area contributed by atoms with Crippen LogP contribution in [0.3, 0.4) is 0 Å². The molecule has 3 nitrogen and oxygen atoms in total. The molecule has 0 aliphatic heterocycles. The summed E-state index contributed by atoms with van der Waals surface area (Å²) >= 11 is 15.2. The van der Waals surface area contributed by atoms with Crippen molar-refractivity contribution in [1.29, 1.82) is 0 Å². The van der Waals surface area contributed by atoms with Crippen LogP contribution in [0.5, 0.6) is 0 Å². The first kappa shape index (κ1) is 16.7. The minimum absolute atomic E-state index is 0.0671. The summed E-state index contributed by atoms with van der Waals surface area (Å²) in [7, 11) is -3.80. The molecule has 1 aromatic rings. The van der Waals surface area contributed by atoms with Crippen LogP contribution >= 0.6 is 39.1 Å². The smallest absolute Gasteiger partial charge is 0.207 e. The lowest BCUT2D eigenvalue weighted by Crippen LogP contribution is -2.31. The fourth-order valence-corrected chi connectivity index (χ4v) is 4.73. The van der Waals surface area contributed by atoms with Gasteiger partial charge in [0.25, 0.3) is 0 Å². The fourth-order valence-electron chi connectivity index (χ4n) is 1.46. The molecular formula is C12H12BrCl2NO2S. The number of sulfonamides is 1. The third-order valence-electron chi connectivity index (χ3n) is 2.23. The topological polar surface area (TPSA) is 37.4 Å². The first-order valence-electron chi connectivity index (χ1n) is 5.21. The van der Waals surface area contributed by atoms with Crippen molar-refractivity contribution >= 4 is 49.2 Å². The standard InChI is InChI=1S/C12H12BrCl2NO2S/c1-3-5-16(6-4-2)19(17,18)12-10(14)7-9(13)8-11(12)15/h3-4,7-8H,1-2,5-6H2. The highest BCUT2D eigenvalue weighted by Crippen LogP contribution is 2.34. The van der Waals surface area contributed by atoms with Crippen LogP contribution in [-0.4, -0.2) is 25.8 Å². The Morgan fingerprint density at radius 3 is 1.95 bits per heavy atom. The SMILES string of the molecule is C=CCN(CC=C)S(=O)(=O)c1c(Cl)cc(Br)cc1Cl. The third-order valence-corrected chi connectivity index (χ3v) is 5.44. The van der Waals surface area contributed by atoms with E-state index in [2.05, 4.69) is 29.1 Å². The van der Waals surface area contributed by atoms with E-state index < -0.39 is 10.0 Å². The van der Waals surface area contributed by atoms with Gasteiger partial charge in [-0.15, -0.1) is 13.2 Å². The van der Waals surface area contributed by atoms with Crippen molar-refractivity contribution in [2.75, 3.05) is 13.1 Å². The Hall–Kier alpha value is -0.330. The highest BCUT2D eigenvalue weighted by Gasteiger charge is 2.28. The van der Waals surface area contributed by atoms with E-state index in [1.807, 2.05) is 0 Å². The minimum atomic E-state index is -3.80. The van der Waals surface area contributed by atoms with Crippen molar-refractivity contribution in [2.24, 2.45) is 0 Å². The van der Waals surface area contributed by atoms with Gasteiger partial charge in [-0.3, -0.25) is 0 Å². The molecule has 1 aromatic carbocycles. The number of hydrogen-bond donors (Lipinski definition) is 0. The van der Waals surface area contributed by atoms with Crippen molar-refractivity contribution in [2.45, 2.75) is 4.90 Å². The van der Waals surface area contributed by atoms with Crippen molar-refractivity contribution in [3.8, 4) is 0 Å². The molecular weight excluding hydrogens is 373 g/mol. The zero-order chi connectivity index (χ0) is 14.6. The van der Waals surface area contributed by atoms with Gasteiger partial charge in [-0.25, -0.2) is 8.42 Å². The molecule has 0 saturated heterocycles. The predicted molar refractivity (Wildman–Crippen MR) is 83.3 cm³/mol. The number of halogens is 3. The van der Waals surface area contributed by atoms with E-state index >= 15 is 0 Å². The summed E-state index contributed by atoms with van der Waals surface area (Å²) < 4.78 is 26.8. The summed E-state index contributed by atoms with van der Waals surface area (Å²) in [5.74, 6) is 0. The van der Waals surface area contributed by atoms with Crippen molar-refractivity contribution in [3.05, 3.63) is 52.0 Å². The Labute approximate surface area is 131 Å². The van der Waals surface area contributed by atoms with Gasteiger partial charge >= 0.3 is 0 Å². The molecule has 0 saturated carbocycles. The van der Waals surface area contributed by atoms with Crippen LogP contribution in [0.25, 0.3) is 0 Å². The quantitative estimate of drug-likeness (QED) is 0.691. The van der Waals surface area contributed by atoms with Crippen LogP contribution in [0.4, 0.5) is 0 Å². The van der Waals surface area contributed by atoms with Gasteiger partial charge in [-0.2, -0.15) is 4.31 Å². The van der Waals surface area contributed by atoms with E-state index in [0.29, 0.717) is 4.47 Å². The first-order valence-corrected chi connectivity index (χ1v) is 8.20. The Kier molecular flexibility index (Phi) is 6.08. The van der Waals surface area contributed by atoms with Gasteiger partial charge in [0.2, 0.25) is 10.0 Å². The predicted octanol–water partition coefficient (Wildman–Crippen LogP) is 4.12. The van der Waals surface area contributed by atoms with Gasteiger partial charge in [0, 0.05) is 17.6 Å². The summed E-state index contributed by atoms with van der Waals surface area (Å²) in [5, 5.41) is 0.134. The molecule has 0 aromatic heterocycles. The molecule has 0 radical (unpaired) electrons. The summed E-state index contributed by atoms with van der Waals surface area (Å²) in [4.78, 5) is -0.109. The summed E-state index contributed by atoms with van der Waals surface area (Å²) in [6.45, 7) is 7.37. The molecule has 0 amide bonds. The monoisotopic (exact) mass is 383 g/mol. The Balaban J connectivity index is 3.40. The zero-order valence-electron chi connectivity index (χ0n) is 9.94. The van der Waals surface area contributed by atoms with E-state index in [0.717, 1.165) is 0 Å². The Morgan fingerprint density at radius 1 is 1.16 bits per heavy atom. The van der Waals surface area contributed by atoms with Gasteiger partial charge in [-0.1, -0.05) is 51.3 Å². The molecule has 0 N–H and O–H groups in total. The molecule has 0 spiro atoms. The van der Waals surface area contributed by atoms with Gasteiger partial charge < -0.3 is 0 Å². The van der Waals surface area contributed by atoms with Gasteiger partial charge in [0.15, 0.2) is 0 Å². The van der Waals surface area contributed by atoms with E-state index in [4.69, 9.17) is 23.2 Å². The molecule has 0 fully saturated rings. The van der Waals surface area contributed by atoms with E-state index in [9.17, 15) is 8.42 Å². The maximum absolute atomic E-state index is 12.5. The van der Waals surface area contributed by atoms with Crippen LogP contribution < -0.4 is 0 Å². The molecule has 1 rings (SSSR count). The van der Waals surface area contributed by atoms with Crippen molar-refractivity contribution in [3.63, 3.8) is 0 Å². The zero-order valence-corrected chi connectivity index (χ0v) is 13.9. The van der Waals surface area contributed by atoms with Gasteiger partial charge in [0.1, 0.15) is 4.90 Å². The van der Waals surface area contributed by atoms with Gasteiger partial charge in [0.05, 0.1) is 10.0 Å². The maximum Gasteiger partial charge on any atom is 0.246 e. The fraction of sp³-hybridized carbons (Fsp3) is 0.167. The highest BCUT2D eigenvalue weighted by atomic mass is 79.9. The summed E-state index contributed by atoms with van der Waals surface area (Å²) in [6.07, 6.45) is 2.98. The lowest BCUT2D eigenvalue weighted by atomic mass is 10.4. The second-order valence-electron chi connectivity index (χ2n) is 3.60. The molecule has 0 unspecified atom stereocenters. The average Bonchev–Trinajstić information content (AvgIpc) is 2.26. The minimum Gasteiger partial charge on any atom is -0.207 e. The molecule has 0 bridgehead atoms. The summed E-state index contributed by atoms with van der Waals surface area (Å²) in [6, 6.07) is 2.97. The Morgan fingerprint density at radius 2 is 1.58 bits per heavy atom. The lowest BCUT2D eigenvalue weighted by molar-refractivity contribution is 0.474. The maximum atomic E-state index is 12.5. The van der Waals surface area contributed by atoms with Crippen molar-refractivity contribution < 1.29 is 8.42 Å². The van der Waals surface area contributed by atoms with Crippen LogP contribution in [0.15, 0.2) is 46.8 Å². The third kappa shape index (κ3) is 3.83. The van der Waals surface area contributed by atoms with Crippen LogP contribution in [0, 0.1) is 0 Å². The number of nitrogens with zero attached hydrogens (tertiary/aromatic N) is 1. The second-order valence-corrected chi connectivity index (χ2v) is 7.20. The van der Waals surface area contributed by atoms with Crippen LogP contribution in [0.1, 0.15) is 0 Å².